The molecule has 2 aromatic carbocycles. The van der Waals surface area contributed by atoms with Gasteiger partial charge in [0.1, 0.15) is 6.10 Å². The van der Waals surface area contributed by atoms with Crippen LogP contribution in [0.15, 0.2) is 42.5 Å². The maximum atomic E-state index is 10.9. The third-order valence-electron chi connectivity index (χ3n) is 4.24. The van der Waals surface area contributed by atoms with Gasteiger partial charge < -0.3 is 10.2 Å². The van der Waals surface area contributed by atoms with E-state index in [4.69, 9.17) is 0 Å². The van der Waals surface area contributed by atoms with Crippen LogP contribution in [0.2, 0.25) is 0 Å². The van der Waals surface area contributed by atoms with E-state index >= 15 is 0 Å². The standard InChI is InChI=1S/C19H20O3S/c1-12(20)23-9-8-18(21)19(22)14-6-7-17-15(11-14)10-13-4-2-3-5-16(13)17/h2-7,11,18-19,21-22H,8-10H2,1H3. The van der Waals surface area contributed by atoms with Crippen molar-refractivity contribution in [3.63, 3.8) is 0 Å². The third kappa shape index (κ3) is 3.50. The van der Waals surface area contributed by atoms with Gasteiger partial charge in [-0.15, -0.1) is 0 Å². The Morgan fingerprint density at radius 1 is 1.13 bits per heavy atom. The molecule has 1 aliphatic rings. The van der Waals surface area contributed by atoms with Crippen LogP contribution in [0.1, 0.15) is 36.1 Å². The molecule has 3 nitrogen and oxygen atoms in total. The third-order valence-corrected chi connectivity index (χ3v) is 5.09. The normalized spacial score (nSPS) is 14.9. The molecule has 3 rings (SSSR count). The highest BCUT2D eigenvalue weighted by Gasteiger charge is 2.22. The summed E-state index contributed by atoms with van der Waals surface area (Å²) >= 11 is 1.17. The Kier molecular flexibility index (Phi) is 4.85. The van der Waals surface area contributed by atoms with Gasteiger partial charge in [0.25, 0.3) is 0 Å². The lowest BCUT2D eigenvalue weighted by Gasteiger charge is -2.18. The molecule has 1 aliphatic carbocycles. The molecule has 2 unspecified atom stereocenters. The number of aliphatic hydroxyl groups is 2. The van der Waals surface area contributed by atoms with Gasteiger partial charge in [0.2, 0.25) is 0 Å². The number of hydrogen-bond acceptors (Lipinski definition) is 4. The second-order valence-corrected chi connectivity index (χ2v) is 7.16. The van der Waals surface area contributed by atoms with Crippen LogP contribution in [0, 0.1) is 0 Å². The molecule has 4 heteroatoms. The van der Waals surface area contributed by atoms with E-state index in [-0.39, 0.29) is 5.12 Å². The molecule has 0 heterocycles. The smallest absolute Gasteiger partial charge is 0.185 e. The molecule has 2 aromatic rings. The van der Waals surface area contributed by atoms with E-state index in [9.17, 15) is 15.0 Å². The first-order chi connectivity index (χ1) is 11.1. The molecule has 0 saturated carbocycles. The summed E-state index contributed by atoms with van der Waals surface area (Å²) in [6.07, 6.45) is -0.523. The van der Waals surface area contributed by atoms with Crippen LogP contribution in [0.4, 0.5) is 0 Å². The van der Waals surface area contributed by atoms with Gasteiger partial charge in [-0.05, 0) is 40.7 Å². The highest BCUT2D eigenvalue weighted by molar-refractivity contribution is 8.13. The molecular weight excluding hydrogens is 308 g/mol. The molecule has 120 valence electrons. The lowest BCUT2D eigenvalue weighted by atomic mass is 9.97. The van der Waals surface area contributed by atoms with E-state index < -0.39 is 12.2 Å². The monoisotopic (exact) mass is 328 g/mol. The van der Waals surface area contributed by atoms with E-state index in [1.54, 1.807) is 0 Å². The zero-order valence-corrected chi connectivity index (χ0v) is 13.8. The molecule has 0 fully saturated rings. The summed E-state index contributed by atoms with van der Waals surface area (Å²) in [5.74, 6) is 0.518. The Morgan fingerprint density at radius 2 is 1.87 bits per heavy atom. The second-order valence-electron chi connectivity index (χ2n) is 5.89. The molecule has 2 atom stereocenters. The molecular formula is C19H20O3S. The van der Waals surface area contributed by atoms with Crippen LogP contribution in [0.3, 0.4) is 0 Å². The SMILES string of the molecule is CC(=O)SCCC(O)C(O)c1ccc2c(c1)Cc1ccccc1-2. The zero-order chi connectivity index (χ0) is 16.4. The van der Waals surface area contributed by atoms with E-state index in [1.807, 2.05) is 30.3 Å². The number of rotatable bonds is 5. The zero-order valence-electron chi connectivity index (χ0n) is 13.0. The largest absolute Gasteiger partial charge is 0.390 e. The van der Waals surface area contributed by atoms with Crippen LogP contribution in [-0.4, -0.2) is 27.2 Å². The molecule has 0 radical (unpaired) electrons. The molecule has 0 bridgehead atoms. The molecule has 0 aliphatic heterocycles. The van der Waals surface area contributed by atoms with Crippen molar-refractivity contribution < 1.29 is 15.0 Å². The van der Waals surface area contributed by atoms with Crippen LogP contribution >= 0.6 is 11.8 Å². The van der Waals surface area contributed by atoms with Gasteiger partial charge in [0.05, 0.1) is 6.10 Å². The minimum Gasteiger partial charge on any atom is -0.390 e. The topological polar surface area (TPSA) is 57.5 Å². The number of carbonyl (C=O) groups excluding carboxylic acids is 1. The van der Waals surface area contributed by atoms with Gasteiger partial charge in [-0.3, -0.25) is 4.79 Å². The first-order valence-electron chi connectivity index (χ1n) is 7.77. The van der Waals surface area contributed by atoms with Gasteiger partial charge in [-0.1, -0.05) is 54.2 Å². The maximum Gasteiger partial charge on any atom is 0.185 e. The Balaban J connectivity index is 1.73. The summed E-state index contributed by atoms with van der Waals surface area (Å²) in [5.41, 5.74) is 5.68. The summed E-state index contributed by atoms with van der Waals surface area (Å²) in [7, 11) is 0. The molecule has 0 saturated heterocycles. The predicted octanol–water partition coefficient (Wildman–Crippen LogP) is 3.32. The summed E-state index contributed by atoms with van der Waals surface area (Å²) in [5, 5.41) is 20.5. The van der Waals surface area contributed by atoms with Crippen LogP contribution < -0.4 is 0 Å². The Morgan fingerprint density at radius 3 is 2.65 bits per heavy atom. The van der Waals surface area contributed by atoms with Crippen molar-refractivity contribution in [2.24, 2.45) is 0 Å². The number of hydrogen-bond donors (Lipinski definition) is 2. The highest BCUT2D eigenvalue weighted by Crippen LogP contribution is 2.37. The fourth-order valence-corrected chi connectivity index (χ4v) is 3.70. The number of benzene rings is 2. The summed E-state index contributed by atoms with van der Waals surface area (Å²) < 4.78 is 0. The minimum absolute atomic E-state index is 0.0296. The van der Waals surface area contributed by atoms with Crippen LogP contribution in [0.25, 0.3) is 11.1 Å². The van der Waals surface area contributed by atoms with Crippen molar-refractivity contribution in [1.29, 1.82) is 0 Å². The fraction of sp³-hybridized carbons (Fsp3) is 0.316. The van der Waals surface area contributed by atoms with Gasteiger partial charge in [0, 0.05) is 12.7 Å². The predicted molar refractivity (Wildman–Crippen MR) is 93.4 cm³/mol. The van der Waals surface area contributed by atoms with Gasteiger partial charge in [-0.25, -0.2) is 0 Å². The number of fused-ring (bicyclic) bond motifs is 3. The average molecular weight is 328 g/mol. The van der Waals surface area contributed by atoms with E-state index in [0.717, 1.165) is 12.0 Å². The highest BCUT2D eigenvalue weighted by atomic mass is 32.2. The lowest BCUT2D eigenvalue weighted by Crippen LogP contribution is -2.19. The van der Waals surface area contributed by atoms with Crippen molar-refractivity contribution in [1.82, 2.24) is 0 Å². The first kappa shape index (κ1) is 16.2. The summed E-state index contributed by atoms with van der Waals surface area (Å²) in [6.45, 7) is 1.51. The molecule has 2 N–H and O–H groups in total. The number of aliphatic hydroxyl groups excluding tert-OH is 2. The fourth-order valence-electron chi connectivity index (χ4n) is 3.05. The quantitative estimate of drug-likeness (QED) is 0.754. The van der Waals surface area contributed by atoms with Gasteiger partial charge in [0.15, 0.2) is 5.12 Å². The first-order valence-corrected chi connectivity index (χ1v) is 8.75. The van der Waals surface area contributed by atoms with Crippen LogP contribution in [0.5, 0.6) is 0 Å². The molecule has 0 aromatic heterocycles. The Bertz CT molecular complexity index is 726. The van der Waals surface area contributed by atoms with Crippen molar-refractivity contribution in [2.45, 2.75) is 32.0 Å². The average Bonchev–Trinajstić information content (AvgIpc) is 2.91. The Labute approximate surface area is 140 Å². The molecule has 0 amide bonds. The van der Waals surface area contributed by atoms with Crippen molar-refractivity contribution in [3.8, 4) is 11.1 Å². The minimum atomic E-state index is -0.920. The lowest BCUT2D eigenvalue weighted by molar-refractivity contribution is -0.109. The van der Waals surface area contributed by atoms with Crippen molar-refractivity contribution >= 4 is 16.9 Å². The van der Waals surface area contributed by atoms with E-state index in [1.165, 1.54) is 40.9 Å². The van der Waals surface area contributed by atoms with Crippen molar-refractivity contribution in [2.75, 3.05) is 5.75 Å². The molecule has 0 spiro atoms. The van der Waals surface area contributed by atoms with Gasteiger partial charge >= 0.3 is 0 Å². The number of thioether (sulfide) groups is 1. The Hall–Kier alpha value is -1.62. The van der Waals surface area contributed by atoms with E-state index in [2.05, 4.69) is 12.1 Å². The maximum absolute atomic E-state index is 10.9. The van der Waals surface area contributed by atoms with Crippen molar-refractivity contribution in [3.05, 3.63) is 59.2 Å². The summed E-state index contributed by atoms with van der Waals surface area (Å²) in [6, 6.07) is 14.2. The molecule has 23 heavy (non-hydrogen) atoms. The number of carbonyl (C=O) groups is 1. The van der Waals surface area contributed by atoms with Crippen LogP contribution in [-0.2, 0) is 11.2 Å². The summed E-state index contributed by atoms with van der Waals surface area (Å²) in [4.78, 5) is 10.9. The van der Waals surface area contributed by atoms with Gasteiger partial charge in [-0.2, -0.15) is 0 Å². The second kappa shape index (κ2) is 6.87. The van der Waals surface area contributed by atoms with E-state index in [0.29, 0.717) is 12.2 Å².